The van der Waals surface area contributed by atoms with E-state index in [0.29, 0.717) is 25.1 Å². The molecule has 1 saturated heterocycles. The number of benzene rings is 1. The van der Waals surface area contributed by atoms with Gasteiger partial charge in [0.1, 0.15) is 0 Å². The normalized spacial score (nSPS) is 21.5. The van der Waals surface area contributed by atoms with Crippen LogP contribution in [0.2, 0.25) is 0 Å². The average Bonchev–Trinajstić information content (AvgIpc) is 2.95. The maximum absolute atomic E-state index is 12.9. The monoisotopic (exact) mass is 359 g/mol. The Morgan fingerprint density at radius 3 is 2.58 bits per heavy atom. The number of aliphatic hydroxyl groups excluding tert-OH is 1. The molecule has 1 aliphatic heterocycles. The molecule has 1 heterocycles. The Morgan fingerprint density at radius 2 is 2.04 bits per heavy atom. The molecule has 4 N–H and O–H groups in total. The lowest BCUT2D eigenvalue weighted by molar-refractivity contribution is -0.137. The summed E-state index contributed by atoms with van der Waals surface area (Å²) >= 11 is 0. The van der Waals surface area contributed by atoms with Crippen molar-refractivity contribution in [2.45, 2.75) is 52.0 Å². The first-order chi connectivity index (χ1) is 12.3. The summed E-state index contributed by atoms with van der Waals surface area (Å²) in [6.45, 7) is 6.93. The Bertz CT molecular complexity index is 647. The first-order valence-corrected chi connectivity index (χ1v) is 8.89. The summed E-state index contributed by atoms with van der Waals surface area (Å²) in [5, 5.41) is 22.0. The van der Waals surface area contributed by atoms with E-state index in [1.165, 1.54) is 0 Å². The third-order valence-corrected chi connectivity index (χ3v) is 4.61. The minimum atomic E-state index is -0.536. The zero-order valence-corrected chi connectivity index (χ0v) is 15.9. The molecule has 26 heavy (non-hydrogen) atoms. The molecule has 0 aliphatic carbocycles. The van der Waals surface area contributed by atoms with Crippen molar-refractivity contribution in [3.63, 3.8) is 0 Å². The quantitative estimate of drug-likeness (QED) is 0.558. The van der Waals surface area contributed by atoms with E-state index < -0.39 is 6.10 Å². The predicted octanol–water partition coefficient (Wildman–Crippen LogP) is 0.706. The van der Waals surface area contributed by atoms with E-state index in [-0.39, 0.29) is 23.5 Å². The highest BCUT2D eigenvalue weighted by Crippen LogP contribution is 2.24. The fourth-order valence-corrected chi connectivity index (χ4v) is 3.25. The Morgan fingerprint density at radius 1 is 1.38 bits per heavy atom. The minimum Gasteiger partial charge on any atom is -0.391 e. The molecule has 1 aromatic rings. The van der Waals surface area contributed by atoms with E-state index in [4.69, 9.17) is 5.26 Å². The van der Waals surface area contributed by atoms with Crippen LogP contribution in [0, 0.1) is 16.7 Å². The lowest BCUT2D eigenvalue weighted by atomic mass is 9.86. The molecule has 0 spiro atoms. The van der Waals surface area contributed by atoms with Crippen molar-refractivity contribution in [1.29, 1.82) is 5.26 Å². The van der Waals surface area contributed by atoms with E-state index in [0.717, 1.165) is 5.56 Å². The number of nitrogens with zero attached hydrogens (tertiary/aromatic N) is 2. The summed E-state index contributed by atoms with van der Waals surface area (Å²) in [6.07, 6.45) is -0.327. The standard InChI is InChI=1S/C19H29N5O2/c1-19(2,3)17(21-4)18(26)24-12-15(25)9-16(24)23-22-11-14-7-5-13(10-20)6-8-14/h5-8,15-17,21-23,25H,9,11-12H2,1-4H3/t15-,16+,17-/m1/s1. The van der Waals surface area contributed by atoms with Crippen molar-refractivity contribution in [3.05, 3.63) is 35.4 Å². The first kappa shape index (κ1) is 20.3. The molecule has 0 aromatic heterocycles. The maximum atomic E-state index is 12.9. The van der Waals surface area contributed by atoms with Crippen LogP contribution >= 0.6 is 0 Å². The van der Waals surface area contributed by atoms with Crippen LogP contribution in [0.25, 0.3) is 0 Å². The molecule has 0 unspecified atom stereocenters. The van der Waals surface area contributed by atoms with Crippen LogP contribution in [-0.2, 0) is 11.3 Å². The van der Waals surface area contributed by atoms with Gasteiger partial charge in [-0.3, -0.25) is 10.2 Å². The number of rotatable bonds is 6. The fourth-order valence-electron chi connectivity index (χ4n) is 3.25. The Balaban J connectivity index is 1.96. The predicted molar refractivity (Wildman–Crippen MR) is 99.6 cm³/mol. The Labute approximate surface area is 155 Å². The van der Waals surface area contributed by atoms with E-state index in [1.54, 1.807) is 24.1 Å². The highest BCUT2D eigenvalue weighted by Gasteiger charge is 2.40. The largest absolute Gasteiger partial charge is 0.391 e. The SMILES string of the molecule is CN[C@H](C(=O)N1C[C@H](O)C[C@H]1NNCc1ccc(C#N)cc1)C(C)(C)C. The molecule has 7 heteroatoms. The summed E-state index contributed by atoms with van der Waals surface area (Å²) in [5.41, 5.74) is 7.70. The average molecular weight is 359 g/mol. The number of carbonyl (C=O) groups is 1. The molecule has 1 aromatic carbocycles. The molecule has 7 nitrogen and oxygen atoms in total. The van der Waals surface area contributed by atoms with Gasteiger partial charge in [-0.1, -0.05) is 32.9 Å². The second kappa shape index (κ2) is 8.60. The van der Waals surface area contributed by atoms with Crippen LogP contribution in [0.4, 0.5) is 0 Å². The lowest BCUT2D eigenvalue weighted by Gasteiger charge is -2.35. The zero-order valence-electron chi connectivity index (χ0n) is 15.9. The zero-order chi connectivity index (χ0) is 19.3. The number of β-amino-alcohol motifs (C(OH)–C–C–N with tert-alkyl or cyclic N) is 1. The van der Waals surface area contributed by atoms with Gasteiger partial charge in [-0.2, -0.15) is 5.26 Å². The molecule has 1 amide bonds. The number of aliphatic hydroxyl groups is 1. The number of hydrazine groups is 1. The van der Waals surface area contributed by atoms with E-state index in [9.17, 15) is 9.90 Å². The minimum absolute atomic E-state index is 0.0192. The molecule has 2 rings (SSSR count). The molecular weight excluding hydrogens is 330 g/mol. The van der Waals surface area contributed by atoms with Crippen LogP contribution in [0.3, 0.4) is 0 Å². The van der Waals surface area contributed by atoms with Crippen molar-refractivity contribution < 1.29 is 9.90 Å². The number of carbonyl (C=O) groups excluding carboxylic acids is 1. The van der Waals surface area contributed by atoms with Crippen LogP contribution in [0.1, 0.15) is 38.3 Å². The molecule has 1 fully saturated rings. The van der Waals surface area contributed by atoms with E-state index >= 15 is 0 Å². The number of hydrogen-bond donors (Lipinski definition) is 4. The number of amides is 1. The highest BCUT2D eigenvalue weighted by molar-refractivity contribution is 5.83. The Kier molecular flexibility index (Phi) is 6.73. The van der Waals surface area contributed by atoms with Gasteiger partial charge >= 0.3 is 0 Å². The fraction of sp³-hybridized carbons (Fsp3) is 0.579. The number of hydrogen-bond acceptors (Lipinski definition) is 6. The van der Waals surface area contributed by atoms with Crippen molar-refractivity contribution >= 4 is 5.91 Å². The van der Waals surface area contributed by atoms with Gasteiger partial charge in [0.05, 0.1) is 29.9 Å². The van der Waals surface area contributed by atoms with Gasteiger partial charge in [0, 0.05) is 19.5 Å². The van der Waals surface area contributed by atoms with Gasteiger partial charge in [0.2, 0.25) is 5.91 Å². The molecular formula is C19H29N5O2. The molecule has 1 aliphatic rings. The van der Waals surface area contributed by atoms with Crippen LogP contribution < -0.4 is 16.2 Å². The van der Waals surface area contributed by atoms with E-state index in [2.05, 4.69) is 22.2 Å². The van der Waals surface area contributed by atoms with Crippen molar-refractivity contribution in [2.24, 2.45) is 5.41 Å². The summed E-state index contributed by atoms with van der Waals surface area (Å²) in [4.78, 5) is 14.6. The smallest absolute Gasteiger partial charge is 0.241 e. The number of likely N-dealkylation sites (N-methyl/N-ethyl adjacent to an activating group) is 1. The molecule has 142 valence electrons. The maximum Gasteiger partial charge on any atom is 0.241 e. The summed E-state index contributed by atoms with van der Waals surface area (Å²) in [6, 6.07) is 9.08. The second-order valence-corrected chi connectivity index (χ2v) is 7.79. The van der Waals surface area contributed by atoms with Gasteiger partial charge < -0.3 is 15.3 Å². The third-order valence-electron chi connectivity index (χ3n) is 4.61. The topological polar surface area (TPSA) is 100 Å². The summed E-state index contributed by atoms with van der Waals surface area (Å²) in [7, 11) is 1.78. The first-order valence-electron chi connectivity index (χ1n) is 8.89. The van der Waals surface area contributed by atoms with Gasteiger partial charge in [-0.25, -0.2) is 5.43 Å². The number of likely N-dealkylation sites (tertiary alicyclic amines) is 1. The van der Waals surface area contributed by atoms with Crippen LogP contribution in [-0.4, -0.2) is 47.8 Å². The molecule has 0 saturated carbocycles. The number of nitrogens with one attached hydrogen (secondary N) is 3. The van der Waals surface area contributed by atoms with Crippen LogP contribution in [0.5, 0.6) is 0 Å². The molecule has 3 atom stereocenters. The lowest BCUT2D eigenvalue weighted by Crippen LogP contribution is -2.57. The summed E-state index contributed by atoms with van der Waals surface area (Å²) in [5.74, 6) is -0.0192. The van der Waals surface area contributed by atoms with Gasteiger partial charge in [-0.15, -0.1) is 0 Å². The van der Waals surface area contributed by atoms with Crippen molar-refractivity contribution in [1.82, 2.24) is 21.1 Å². The third kappa shape index (κ3) is 5.02. The van der Waals surface area contributed by atoms with Gasteiger partial charge in [0.25, 0.3) is 0 Å². The van der Waals surface area contributed by atoms with Crippen LogP contribution in [0.15, 0.2) is 24.3 Å². The van der Waals surface area contributed by atoms with Crippen molar-refractivity contribution in [3.8, 4) is 6.07 Å². The Hall–Kier alpha value is -1.98. The van der Waals surface area contributed by atoms with Gasteiger partial charge in [-0.05, 0) is 30.2 Å². The number of nitriles is 1. The second-order valence-electron chi connectivity index (χ2n) is 7.79. The highest BCUT2D eigenvalue weighted by atomic mass is 16.3. The summed E-state index contributed by atoms with van der Waals surface area (Å²) < 4.78 is 0. The van der Waals surface area contributed by atoms with E-state index in [1.807, 2.05) is 32.9 Å². The molecule has 0 bridgehead atoms. The van der Waals surface area contributed by atoms with Crippen molar-refractivity contribution in [2.75, 3.05) is 13.6 Å². The molecule has 0 radical (unpaired) electrons. The van der Waals surface area contributed by atoms with Gasteiger partial charge in [0.15, 0.2) is 0 Å².